The molecule has 2 N–H and O–H groups in total. The molecule has 28 heavy (non-hydrogen) atoms. The number of rotatable bonds is 5. The largest absolute Gasteiger partial charge is 0.357 e. The van der Waals surface area contributed by atoms with Gasteiger partial charge in [0.2, 0.25) is 0 Å². The predicted octanol–water partition coefficient (Wildman–Crippen LogP) is 3.76. The molecule has 0 spiro atoms. The van der Waals surface area contributed by atoms with Crippen LogP contribution in [0.4, 0.5) is 0 Å². The fourth-order valence-electron chi connectivity index (χ4n) is 3.02. The van der Waals surface area contributed by atoms with Crippen molar-refractivity contribution < 1.29 is 0 Å². The molecule has 0 unspecified atom stereocenters. The molecule has 2 aromatic heterocycles. The van der Waals surface area contributed by atoms with E-state index in [2.05, 4.69) is 70.2 Å². The van der Waals surface area contributed by atoms with Gasteiger partial charge in [-0.05, 0) is 41.5 Å². The lowest BCUT2D eigenvalue weighted by molar-refractivity contribution is 0.765. The van der Waals surface area contributed by atoms with Crippen LogP contribution in [0.5, 0.6) is 0 Å². The second-order valence-electron chi connectivity index (χ2n) is 6.28. The van der Waals surface area contributed by atoms with Crippen LogP contribution in [0.1, 0.15) is 18.3 Å². The third-order valence-corrected chi connectivity index (χ3v) is 4.38. The Labute approximate surface area is 181 Å². The predicted molar refractivity (Wildman–Crippen MR) is 124 cm³/mol. The van der Waals surface area contributed by atoms with Crippen LogP contribution < -0.4 is 10.6 Å². The number of aromatic nitrogens is 3. The van der Waals surface area contributed by atoms with Gasteiger partial charge in [0.25, 0.3) is 0 Å². The minimum absolute atomic E-state index is 0. The van der Waals surface area contributed by atoms with Gasteiger partial charge in [-0.1, -0.05) is 42.5 Å². The fraction of sp³-hybridized carbons (Fsp3) is 0.190. The van der Waals surface area contributed by atoms with Crippen molar-refractivity contribution >= 4 is 46.4 Å². The Kier molecular flexibility index (Phi) is 6.80. The average molecular weight is 486 g/mol. The highest BCUT2D eigenvalue weighted by Gasteiger charge is 2.05. The zero-order valence-electron chi connectivity index (χ0n) is 15.7. The van der Waals surface area contributed by atoms with E-state index in [1.165, 1.54) is 16.3 Å². The summed E-state index contributed by atoms with van der Waals surface area (Å²) >= 11 is 0. The number of hydrogen-bond acceptors (Lipinski definition) is 3. The van der Waals surface area contributed by atoms with Crippen LogP contribution in [0.2, 0.25) is 0 Å². The Morgan fingerprint density at radius 3 is 2.64 bits per heavy atom. The number of benzene rings is 2. The van der Waals surface area contributed by atoms with E-state index in [1.807, 2.05) is 28.8 Å². The maximum atomic E-state index is 4.71. The lowest BCUT2D eigenvalue weighted by Gasteiger charge is -2.11. The fourth-order valence-corrected chi connectivity index (χ4v) is 3.02. The SMILES string of the molecule is CCNC(=NCc1ccc2ccccc2c1)NCc1nnc2ccccn12.I. The van der Waals surface area contributed by atoms with Gasteiger partial charge in [0.05, 0.1) is 13.1 Å². The molecule has 0 bridgehead atoms. The Hall–Kier alpha value is -2.68. The number of guanidine groups is 1. The summed E-state index contributed by atoms with van der Waals surface area (Å²) in [4.78, 5) is 4.71. The van der Waals surface area contributed by atoms with Gasteiger partial charge in [-0.2, -0.15) is 0 Å². The molecule has 0 fully saturated rings. The smallest absolute Gasteiger partial charge is 0.191 e. The summed E-state index contributed by atoms with van der Waals surface area (Å²) in [5.41, 5.74) is 2.02. The van der Waals surface area contributed by atoms with E-state index in [9.17, 15) is 0 Å². The third-order valence-electron chi connectivity index (χ3n) is 4.38. The molecule has 7 heteroatoms. The number of aliphatic imine (C=N–C) groups is 1. The van der Waals surface area contributed by atoms with Gasteiger partial charge in [-0.25, -0.2) is 4.99 Å². The van der Waals surface area contributed by atoms with E-state index < -0.39 is 0 Å². The van der Waals surface area contributed by atoms with Crippen molar-refractivity contribution in [1.29, 1.82) is 0 Å². The normalized spacial score (nSPS) is 11.4. The average Bonchev–Trinajstić information content (AvgIpc) is 3.13. The molecule has 0 aliphatic rings. The van der Waals surface area contributed by atoms with E-state index >= 15 is 0 Å². The van der Waals surface area contributed by atoms with Gasteiger partial charge in [0.1, 0.15) is 0 Å². The highest BCUT2D eigenvalue weighted by Crippen LogP contribution is 2.16. The number of halogens is 1. The summed E-state index contributed by atoms with van der Waals surface area (Å²) in [5.74, 6) is 1.61. The molecule has 144 valence electrons. The van der Waals surface area contributed by atoms with Crippen molar-refractivity contribution in [3.05, 3.63) is 78.2 Å². The highest BCUT2D eigenvalue weighted by atomic mass is 127. The monoisotopic (exact) mass is 486 g/mol. The molecule has 2 heterocycles. The zero-order valence-corrected chi connectivity index (χ0v) is 18.0. The van der Waals surface area contributed by atoms with Gasteiger partial charge in [-0.15, -0.1) is 34.2 Å². The van der Waals surface area contributed by atoms with Crippen molar-refractivity contribution in [2.45, 2.75) is 20.0 Å². The van der Waals surface area contributed by atoms with Crippen molar-refractivity contribution in [3.8, 4) is 0 Å². The molecular weight excluding hydrogens is 463 g/mol. The highest BCUT2D eigenvalue weighted by molar-refractivity contribution is 14.0. The molecular formula is C21H23IN6. The van der Waals surface area contributed by atoms with Crippen molar-refractivity contribution in [3.63, 3.8) is 0 Å². The van der Waals surface area contributed by atoms with E-state index in [4.69, 9.17) is 4.99 Å². The van der Waals surface area contributed by atoms with Gasteiger partial charge >= 0.3 is 0 Å². The van der Waals surface area contributed by atoms with Crippen LogP contribution >= 0.6 is 24.0 Å². The van der Waals surface area contributed by atoms with Gasteiger partial charge in [-0.3, -0.25) is 4.40 Å². The van der Waals surface area contributed by atoms with Crippen LogP contribution in [-0.2, 0) is 13.1 Å². The van der Waals surface area contributed by atoms with Crippen molar-refractivity contribution in [2.24, 2.45) is 4.99 Å². The molecule has 0 atom stereocenters. The Morgan fingerprint density at radius 2 is 1.79 bits per heavy atom. The zero-order chi connectivity index (χ0) is 18.5. The Balaban J connectivity index is 0.00000225. The summed E-state index contributed by atoms with van der Waals surface area (Å²) in [6.07, 6.45) is 1.96. The van der Waals surface area contributed by atoms with Crippen LogP contribution in [-0.4, -0.2) is 27.1 Å². The van der Waals surface area contributed by atoms with Crippen LogP contribution in [0.15, 0.2) is 71.9 Å². The molecule has 4 aromatic rings. The molecule has 0 aliphatic heterocycles. The van der Waals surface area contributed by atoms with Crippen molar-refractivity contribution in [1.82, 2.24) is 25.2 Å². The molecule has 2 aromatic carbocycles. The number of hydrogen-bond donors (Lipinski definition) is 2. The lowest BCUT2D eigenvalue weighted by Crippen LogP contribution is -2.37. The first-order valence-electron chi connectivity index (χ1n) is 9.12. The molecule has 0 saturated carbocycles. The second kappa shape index (κ2) is 9.50. The summed E-state index contributed by atoms with van der Waals surface area (Å²) in [7, 11) is 0. The number of fused-ring (bicyclic) bond motifs is 2. The molecule has 0 amide bonds. The first-order chi connectivity index (χ1) is 13.3. The first kappa shape index (κ1) is 20.1. The number of pyridine rings is 1. The number of nitrogens with one attached hydrogen (secondary N) is 2. The Bertz CT molecular complexity index is 1090. The lowest BCUT2D eigenvalue weighted by atomic mass is 10.1. The molecule has 6 nitrogen and oxygen atoms in total. The van der Waals surface area contributed by atoms with Gasteiger partial charge in [0.15, 0.2) is 17.4 Å². The van der Waals surface area contributed by atoms with Gasteiger partial charge < -0.3 is 10.6 Å². The van der Waals surface area contributed by atoms with Crippen LogP contribution in [0, 0.1) is 0 Å². The van der Waals surface area contributed by atoms with Crippen LogP contribution in [0.25, 0.3) is 16.4 Å². The topological polar surface area (TPSA) is 66.6 Å². The number of nitrogens with zero attached hydrogens (tertiary/aromatic N) is 4. The molecule has 0 aliphatic carbocycles. The third kappa shape index (κ3) is 4.59. The molecule has 4 rings (SSSR count). The standard InChI is InChI=1S/C21H22N6.HI/c1-2-22-21(24-15-20-26-25-19-9-5-6-12-27(19)20)23-14-16-10-11-17-7-3-4-8-18(17)13-16;/h3-13H,2,14-15H2,1H3,(H2,22,23,24);1H. The second-order valence-corrected chi connectivity index (χ2v) is 6.28. The quantitative estimate of drug-likeness (QED) is 0.256. The maximum absolute atomic E-state index is 4.71. The summed E-state index contributed by atoms with van der Waals surface area (Å²) in [6, 6.07) is 20.7. The van der Waals surface area contributed by atoms with E-state index in [0.717, 1.165) is 24.0 Å². The molecule has 0 saturated heterocycles. The van der Waals surface area contributed by atoms with Crippen molar-refractivity contribution in [2.75, 3.05) is 6.54 Å². The maximum Gasteiger partial charge on any atom is 0.191 e. The van der Waals surface area contributed by atoms with E-state index in [0.29, 0.717) is 13.1 Å². The first-order valence-corrected chi connectivity index (χ1v) is 9.12. The van der Waals surface area contributed by atoms with Crippen LogP contribution in [0.3, 0.4) is 0 Å². The minimum Gasteiger partial charge on any atom is -0.357 e. The summed E-state index contributed by atoms with van der Waals surface area (Å²) < 4.78 is 1.97. The van der Waals surface area contributed by atoms with E-state index in [-0.39, 0.29) is 24.0 Å². The minimum atomic E-state index is 0. The van der Waals surface area contributed by atoms with Gasteiger partial charge in [0, 0.05) is 12.7 Å². The molecule has 0 radical (unpaired) electrons. The summed E-state index contributed by atoms with van der Waals surface area (Å²) in [5, 5.41) is 17.5. The Morgan fingerprint density at radius 1 is 0.964 bits per heavy atom. The summed E-state index contributed by atoms with van der Waals surface area (Å²) in [6.45, 7) is 4.01. The van der Waals surface area contributed by atoms with E-state index in [1.54, 1.807) is 0 Å².